The number of likely N-dealkylation sites (tertiary alicyclic amines) is 1. The van der Waals surface area contributed by atoms with Gasteiger partial charge in [0, 0.05) is 43.2 Å². The molecule has 0 spiro atoms. The Morgan fingerprint density at radius 3 is 2.68 bits per heavy atom. The summed E-state index contributed by atoms with van der Waals surface area (Å²) in [6.45, 7) is 5.49. The molecule has 2 aliphatic rings. The molecule has 7 nitrogen and oxygen atoms in total. The van der Waals surface area contributed by atoms with Crippen LogP contribution in [0.4, 0.5) is 0 Å². The fraction of sp³-hybridized carbons (Fsp3) is 0.391. The highest BCUT2D eigenvalue weighted by Crippen LogP contribution is 2.31. The van der Waals surface area contributed by atoms with Gasteiger partial charge in [0.15, 0.2) is 0 Å². The van der Waals surface area contributed by atoms with Gasteiger partial charge in [-0.3, -0.25) is 14.6 Å². The number of nitrogens with zero attached hydrogens (tertiary/aromatic N) is 4. The van der Waals surface area contributed by atoms with Crippen molar-refractivity contribution in [2.75, 3.05) is 39.4 Å². The van der Waals surface area contributed by atoms with E-state index in [0.717, 1.165) is 28.7 Å². The van der Waals surface area contributed by atoms with E-state index in [-0.39, 0.29) is 17.7 Å². The van der Waals surface area contributed by atoms with Crippen LogP contribution >= 0.6 is 11.3 Å². The highest BCUT2D eigenvalue weighted by Gasteiger charge is 2.31. The van der Waals surface area contributed by atoms with Crippen molar-refractivity contribution in [1.29, 1.82) is 0 Å². The van der Waals surface area contributed by atoms with Crippen molar-refractivity contribution in [2.24, 2.45) is 0 Å². The second-order valence-electron chi connectivity index (χ2n) is 8.02. The number of carbonyl (C=O) groups is 2. The van der Waals surface area contributed by atoms with Crippen molar-refractivity contribution in [3.8, 4) is 0 Å². The number of pyridine rings is 1. The lowest BCUT2D eigenvalue weighted by molar-refractivity contribution is 0.0304. The smallest absolute Gasteiger partial charge is 0.265 e. The maximum absolute atomic E-state index is 13.3. The Kier molecular flexibility index (Phi) is 5.41. The van der Waals surface area contributed by atoms with Crippen molar-refractivity contribution < 1.29 is 14.3 Å². The topological polar surface area (TPSA) is 75.6 Å². The summed E-state index contributed by atoms with van der Waals surface area (Å²) in [6, 6.07) is 9.73. The molecule has 8 heteroatoms. The first-order valence-electron chi connectivity index (χ1n) is 10.6. The molecule has 2 aromatic heterocycles. The lowest BCUT2D eigenvalue weighted by Crippen LogP contribution is -2.40. The number of hydrogen-bond donors (Lipinski definition) is 0. The zero-order valence-electron chi connectivity index (χ0n) is 17.4. The quantitative estimate of drug-likeness (QED) is 0.631. The van der Waals surface area contributed by atoms with E-state index < -0.39 is 0 Å². The molecule has 2 fully saturated rings. The summed E-state index contributed by atoms with van der Waals surface area (Å²) >= 11 is 1.39. The molecule has 0 bridgehead atoms. The maximum Gasteiger partial charge on any atom is 0.265 e. The fourth-order valence-electron chi connectivity index (χ4n) is 4.36. The van der Waals surface area contributed by atoms with Gasteiger partial charge in [-0.15, -0.1) is 11.3 Å². The third-order valence-corrected chi connectivity index (χ3v) is 7.01. The summed E-state index contributed by atoms with van der Waals surface area (Å²) in [5, 5.41) is 0.869. The third kappa shape index (κ3) is 3.81. The number of morpholine rings is 1. The molecule has 4 heterocycles. The predicted octanol–water partition coefficient (Wildman–Crippen LogP) is 3.10. The molecular weight excluding hydrogens is 412 g/mol. The lowest BCUT2D eigenvalue weighted by atomic mass is 9.99. The molecule has 5 rings (SSSR count). The van der Waals surface area contributed by atoms with E-state index in [9.17, 15) is 9.59 Å². The van der Waals surface area contributed by atoms with Crippen LogP contribution in [0.15, 0.2) is 35.8 Å². The van der Waals surface area contributed by atoms with E-state index in [4.69, 9.17) is 9.72 Å². The number of aryl methyl sites for hydroxylation is 1. The molecule has 0 unspecified atom stereocenters. The predicted molar refractivity (Wildman–Crippen MR) is 119 cm³/mol. The highest BCUT2D eigenvalue weighted by atomic mass is 32.1. The Balaban J connectivity index is 1.44. The molecule has 1 atom stereocenters. The van der Waals surface area contributed by atoms with Crippen LogP contribution in [0.5, 0.6) is 0 Å². The van der Waals surface area contributed by atoms with Gasteiger partial charge in [-0.2, -0.15) is 0 Å². The van der Waals surface area contributed by atoms with Gasteiger partial charge >= 0.3 is 0 Å². The van der Waals surface area contributed by atoms with Gasteiger partial charge in [-0.25, -0.2) is 4.98 Å². The number of amides is 2. The Morgan fingerprint density at radius 2 is 1.90 bits per heavy atom. The standard InChI is InChI=1S/C23H24N4O3S/c1-15-21(31-14-24-15)23(29)27-7-6-16(13-27)20-12-18(17-4-2-3-5-19(17)25-20)22(28)26-8-10-30-11-9-26/h2-5,12,14,16H,6-11,13H2,1H3/t16-/m1/s1. The van der Waals surface area contributed by atoms with Crippen LogP contribution < -0.4 is 0 Å². The molecule has 3 aromatic rings. The van der Waals surface area contributed by atoms with Crippen LogP contribution in [0.1, 0.15) is 43.8 Å². The van der Waals surface area contributed by atoms with Crippen molar-refractivity contribution in [3.63, 3.8) is 0 Å². The van der Waals surface area contributed by atoms with Gasteiger partial charge in [-0.1, -0.05) is 18.2 Å². The van der Waals surface area contributed by atoms with Crippen molar-refractivity contribution in [3.05, 3.63) is 57.7 Å². The normalized spacial score (nSPS) is 19.2. The number of ether oxygens (including phenoxy) is 1. The first-order valence-corrected chi connectivity index (χ1v) is 11.5. The zero-order chi connectivity index (χ0) is 21.4. The minimum atomic E-state index is 0.0226. The van der Waals surface area contributed by atoms with Crippen molar-refractivity contribution in [2.45, 2.75) is 19.3 Å². The van der Waals surface area contributed by atoms with Gasteiger partial charge in [0.25, 0.3) is 11.8 Å². The van der Waals surface area contributed by atoms with E-state index in [1.54, 1.807) is 5.51 Å². The second kappa shape index (κ2) is 8.36. The number of thiazole rings is 1. The van der Waals surface area contributed by atoms with Crippen molar-refractivity contribution in [1.82, 2.24) is 19.8 Å². The molecule has 1 aromatic carbocycles. The van der Waals surface area contributed by atoms with E-state index in [1.165, 1.54) is 11.3 Å². The first kappa shape index (κ1) is 20.1. The van der Waals surface area contributed by atoms with E-state index in [2.05, 4.69) is 4.98 Å². The monoisotopic (exact) mass is 436 g/mol. The van der Waals surface area contributed by atoms with Crippen LogP contribution in [0.3, 0.4) is 0 Å². The van der Waals surface area contributed by atoms with Gasteiger partial charge < -0.3 is 14.5 Å². The summed E-state index contributed by atoms with van der Waals surface area (Å²) in [6.07, 6.45) is 0.833. The number of aromatic nitrogens is 2. The van der Waals surface area contributed by atoms with Gasteiger partial charge in [0.05, 0.1) is 35.5 Å². The lowest BCUT2D eigenvalue weighted by Gasteiger charge is -2.27. The molecule has 0 saturated carbocycles. The molecule has 31 heavy (non-hydrogen) atoms. The van der Waals surface area contributed by atoms with E-state index in [0.29, 0.717) is 49.8 Å². The molecule has 160 valence electrons. The SMILES string of the molecule is Cc1ncsc1C(=O)N1CC[C@@H](c2cc(C(=O)N3CCOCC3)c3ccccc3n2)C1. The summed E-state index contributed by atoms with van der Waals surface area (Å²) in [5.74, 6) is 0.167. The molecule has 0 aliphatic carbocycles. The van der Waals surface area contributed by atoms with Crippen LogP contribution in [0.2, 0.25) is 0 Å². The fourth-order valence-corrected chi connectivity index (χ4v) is 5.13. The second-order valence-corrected chi connectivity index (χ2v) is 8.87. The Labute approximate surface area is 184 Å². The third-order valence-electron chi connectivity index (χ3n) is 6.10. The summed E-state index contributed by atoms with van der Waals surface area (Å²) < 4.78 is 5.40. The number of fused-ring (bicyclic) bond motifs is 1. The Hall–Kier alpha value is -2.84. The molecule has 0 N–H and O–H groups in total. The van der Waals surface area contributed by atoms with Gasteiger partial charge in [0.2, 0.25) is 0 Å². The Morgan fingerprint density at radius 1 is 1.10 bits per heavy atom. The molecule has 2 amide bonds. The van der Waals surface area contributed by atoms with Crippen LogP contribution in [-0.4, -0.2) is 71.0 Å². The number of carbonyl (C=O) groups excluding carboxylic acids is 2. The number of hydrogen-bond acceptors (Lipinski definition) is 6. The zero-order valence-corrected chi connectivity index (χ0v) is 18.2. The summed E-state index contributed by atoms with van der Waals surface area (Å²) in [4.78, 5) is 39.7. The number of rotatable bonds is 3. The van der Waals surface area contributed by atoms with Crippen LogP contribution in [0.25, 0.3) is 10.9 Å². The molecule has 2 saturated heterocycles. The Bertz CT molecular complexity index is 1140. The summed E-state index contributed by atoms with van der Waals surface area (Å²) in [5.41, 5.74) is 4.88. The van der Waals surface area contributed by atoms with E-state index >= 15 is 0 Å². The first-order chi connectivity index (χ1) is 15.1. The van der Waals surface area contributed by atoms with E-state index in [1.807, 2.05) is 47.1 Å². The maximum atomic E-state index is 13.3. The van der Waals surface area contributed by atoms with Gasteiger partial charge in [0.1, 0.15) is 4.88 Å². The molecule has 2 aliphatic heterocycles. The minimum absolute atomic E-state index is 0.0226. The minimum Gasteiger partial charge on any atom is -0.378 e. The van der Waals surface area contributed by atoms with Crippen LogP contribution in [0, 0.1) is 6.92 Å². The van der Waals surface area contributed by atoms with Gasteiger partial charge in [-0.05, 0) is 25.5 Å². The highest BCUT2D eigenvalue weighted by molar-refractivity contribution is 7.11. The summed E-state index contributed by atoms with van der Waals surface area (Å²) in [7, 11) is 0. The number of benzene rings is 1. The molecule has 0 radical (unpaired) electrons. The largest absolute Gasteiger partial charge is 0.378 e. The average Bonchev–Trinajstić information content (AvgIpc) is 3.47. The van der Waals surface area contributed by atoms with Crippen molar-refractivity contribution >= 4 is 34.1 Å². The number of para-hydroxylation sites is 1. The molecular formula is C23H24N4O3S. The average molecular weight is 437 g/mol. The van der Waals surface area contributed by atoms with Crippen LogP contribution in [-0.2, 0) is 4.74 Å².